The van der Waals surface area contributed by atoms with E-state index in [-0.39, 0.29) is 12.1 Å². The first-order chi connectivity index (χ1) is 23.6. The van der Waals surface area contributed by atoms with Crippen molar-refractivity contribution < 1.29 is 19.4 Å². The zero-order chi connectivity index (χ0) is 35.0. The molecule has 0 aromatic carbocycles. The van der Waals surface area contributed by atoms with Crippen LogP contribution in [0.2, 0.25) is 0 Å². The lowest BCUT2D eigenvalue weighted by Crippen LogP contribution is -2.17. The van der Waals surface area contributed by atoms with Crippen LogP contribution in [0.15, 0.2) is 24.3 Å². The Hall–Kier alpha value is -1.58. The molecule has 48 heavy (non-hydrogen) atoms. The van der Waals surface area contributed by atoms with Crippen molar-refractivity contribution in [3.63, 3.8) is 0 Å². The first-order valence-corrected chi connectivity index (χ1v) is 21.3. The number of aliphatic carboxylic acids is 1. The monoisotopic (exact) mass is 675 g/mol. The minimum Gasteiger partial charge on any atom is -0.481 e. The molecule has 1 atom stereocenters. The second kappa shape index (κ2) is 39.9. The third-order valence-corrected chi connectivity index (χ3v) is 9.75. The van der Waals surface area contributed by atoms with Crippen LogP contribution >= 0.6 is 0 Å². The lowest BCUT2D eigenvalue weighted by Gasteiger charge is -2.16. The highest BCUT2D eigenvalue weighted by Gasteiger charge is 2.12. The maximum Gasteiger partial charge on any atom is 0.306 e. The molecule has 0 spiro atoms. The zero-order valence-corrected chi connectivity index (χ0v) is 32.3. The Labute approximate surface area is 299 Å². The van der Waals surface area contributed by atoms with Gasteiger partial charge in [-0.25, -0.2) is 0 Å². The number of carbonyl (C=O) groups excluding carboxylic acids is 1. The van der Waals surface area contributed by atoms with Crippen LogP contribution in [0.25, 0.3) is 0 Å². The molecule has 0 aliphatic rings. The van der Waals surface area contributed by atoms with Gasteiger partial charge in [-0.3, -0.25) is 9.59 Å². The summed E-state index contributed by atoms with van der Waals surface area (Å²) in [5.74, 6) is -0.641. The normalized spacial score (nSPS) is 12.4. The SMILES string of the molecule is CCCCC/C=C\C/C=C\CCCCCCCCCC(=O)OC(CC)CCCCCCCCCCCCCCCCCCCCC(=O)O. The van der Waals surface area contributed by atoms with Crippen molar-refractivity contribution in [2.75, 3.05) is 0 Å². The first kappa shape index (κ1) is 46.4. The first-order valence-electron chi connectivity index (χ1n) is 21.3. The molecule has 0 saturated heterocycles. The fourth-order valence-corrected chi connectivity index (χ4v) is 6.50. The zero-order valence-electron chi connectivity index (χ0n) is 32.3. The number of hydrogen-bond acceptors (Lipinski definition) is 3. The minimum atomic E-state index is -0.661. The standard InChI is InChI=1S/C44H82O4/c1-3-5-6-7-8-9-10-11-12-15-20-23-26-29-32-35-38-41-44(47)48-42(4-2)39-36-33-30-27-24-21-18-16-13-14-17-19-22-25-28-31-34-37-40-43(45)46/h8-9,11-12,42H,3-7,10,13-41H2,1-2H3,(H,45,46)/b9-8-,12-11-. The molecule has 282 valence electrons. The van der Waals surface area contributed by atoms with Crippen LogP contribution in [-0.2, 0) is 14.3 Å². The van der Waals surface area contributed by atoms with E-state index in [2.05, 4.69) is 38.2 Å². The Morgan fingerprint density at radius 1 is 0.479 bits per heavy atom. The Morgan fingerprint density at radius 3 is 1.27 bits per heavy atom. The molecule has 1 N–H and O–H groups in total. The Kier molecular flexibility index (Phi) is 38.5. The summed E-state index contributed by atoms with van der Waals surface area (Å²) >= 11 is 0. The second-order valence-corrected chi connectivity index (χ2v) is 14.5. The molecule has 4 nitrogen and oxygen atoms in total. The van der Waals surface area contributed by atoms with E-state index >= 15 is 0 Å². The molecule has 4 heteroatoms. The van der Waals surface area contributed by atoms with Crippen LogP contribution in [0.1, 0.15) is 239 Å². The van der Waals surface area contributed by atoms with Gasteiger partial charge in [0.1, 0.15) is 6.10 Å². The molecule has 0 aromatic heterocycles. The number of allylic oxidation sites excluding steroid dienone is 4. The molecular formula is C44H82O4. The van der Waals surface area contributed by atoms with E-state index in [1.165, 1.54) is 167 Å². The number of carboxylic acids is 1. The van der Waals surface area contributed by atoms with Gasteiger partial charge >= 0.3 is 11.9 Å². The van der Waals surface area contributed by atoms with E-state index in [0.29, 0.717) is 12.8 Å². The molecule has 0 fully saturated rings. The highest BCUT2D eigenvalue weighted by atomic mass is 16.5. The summed E-state index contributed by atoms with van der Waals surface area (Å²) < 4.78 is 5.81. The lowest BCUT2D eigenvalue weighted by atomic mass is 10.0. The average molecular weight is 675 g/mol. The summed E-state index contributed by atoms with van der Waals surface area (Å²) in [5.41, 5.74) is 0. The molecule has 0 heterocycles. The van der Waals surface area contributed by atoms with Gasteiger partial charge in [0.05, 0.1) is 0 Å². The summed E-state index contributed by atoms with van der Waals surface area (Å²) in [5, 5.41) is 8.66. The summed E-state index contributed by atoms with van der Waals surface area (Å²) in [6.07, 6.45) is 51.6. The van der Waals surface area contributed by atoms with Crippen LogP contribution in [-0.4, -0.2) is 23.1 Å². The van der Waals surface area contributed by atoms with Crippen molar-refractivity contribution in [2.24, 2.45) is 0 Å². The van der Waals surface area contributed by atoms with Gasteiger partial charge < -0.3 is 9.84 Å². The summed E-state index contributed by atoms with van der Waals surface area (Å²) in [6.45, 7) is 4.40. The average Bonchev–Trinajstić information content (AvgIpc) is 3.08. The van der Waals surface area contributed by atoms with Crippen molar-refractivity contribution in [3.05, 3.63) is 24.3 Å². The minimum absolute atomic E-state index is 0.0196. The fourth-order valence-electron chi connectivity index (χ4n) is 6.50. The van der Waals surface area contributed by atoms with Gasteiger partial charge in [-0.15, -0.1) is 0 Å². The number of carboxylic acid groups (broad SMARTS) is 1. The molecule has 0 saturated carbocycles. The maximum atomic E-state index is 12.3. The van der Waals surface area contributed by atoms with E-state index in [1.807, 2.05) is 0 Å². The number of carbonyl (C=O) groups is 2. The van der Waals surface area contributed by atoms with E-state index in [4.69, 9.17) is 9.84 Å². The second-order valence-electron chi connectivity index (χ2n) is 14.5. The number of ether oxygens (including phenoxy) is 1. The van der Waals surface area contributed by atoms with Crippen molar-refractivity contribution in [1.29, 1.82) is 0 Å². The predicted molar refractivity (Wildman–Crippen MR) is 209 cm³/mol. The summed E-state index contributed by atoms with van der Waals surface area (Å²) in [4.78, 5) is 22.8. The van der Waals surface area contributed by atoms with E-state index < -0.39 is 5.97 Å². The highest BCUT2D eigenvalue weighted by molar-refractivity contribution is 5.69. The molecule has 0 aliphatic carbocycles. The third-order valence-electron chi connectivity index (χ3n) is 9.75. The Balaban J connectivity index is 3.41. The Bertz CT molecular complexity index is 727. The lowest BCUT2D eigenvalue weighted by molar-refractivity contribution is -0.149. The van der Waals surface area contributed by atoms with Crippen molar-refractivity contribution in [2.45, 2.75) is 245 Å². The molecule has 0 aliphatic heterocycles. The number of unbranched alkanes of at least 4 members (excludes halogenated alkanes) is 27. The van der Waals surface area contributed by atoms with Crippen LogP contribution in [0, 0.1) is 0 Å². The van der Waals surface area contributed by atoms with Gasteiger partial charge in [0, 0.05) is 12.8 Å². The molecule has 1 unspecified atom stereocenters. The van der Waals surface area contributed by atoms with E-state index in [1.54, 1.807) is 0 Å². The van der Waals surface area contributed by atoms with Crippen LogP contribution < -0.4 is 0 Å². The predicted octanol–water partition coefficient (Wildman–Crippen LogP) is 14.8. The van der Waals surface area contributed by atoms with E-state index in [0.717, 1.165) is 44.9 Å². The smallest absolute Gasteiger partial charge is 0.306 e. The molecule has 0 bridgehead atoms. The van der Waals surface area contributed by atoms with Crippen molar-refractivity contribution >= 4 is 11.9 Å². The molecule has 0 aromatic rings. The van der Waals surface area contributed by atoms with Crippen LogP contribution in [0.5, 0.6) is 0 Å². The summed E-state index contributed by atoms with van der Waals surface area (Å²) in [7, 11) is 0. The van der Waals surface area contributed by atoms with Gasteiger partial charge in [0.2, 0.25) is 0 Å². The number of rotatable bonds is 39. The van der Waals surface area contributed by atoms with Crippen LogP contribution in [0.4, 0.5) is 0 Å². The molecule has 0 amide bonds. The maximum absolute atomic E-state index is 12.3. The van der Waals surface area contributed by atoms with Crippen molar-refractivity contribution in [3.8, 4) is 0 Å². The van der Waals surface area contributed by atoms with Crippen LogP contribution in [0.3, 0.4) is 0 Å². The quantitative estimate of drug-likeness (QED) is 0.0400. The topological polar surface area (TPSA) is 63.6 Å². The molecular weight excluding hydrogens is 592 g/mol. The van der Waals surface area contributed by atoms with Gasteiger partial charge in [0.25, 0.3) is 0 Å². The third kappa shape index (κ3) is 38.9. The number of esters is 1. The van der Waals surface area contributed by atoms with Gasteiger partial charge in [0.15, 0.2) is 0 Å². The highest BCUT2D eigenvalue weighted by Crippen LogP contribution is 2.17. The van der Waals surface area contributed by atoms with Crippen molar-refractivity contribution in [1.82, 2.24) is 0 Å². The molecule has 0 radical (unpaired) electrons. The fraction of sp³-hybridized carbons (Fsp3) is 0.864. The largest absolute Gasteiger partial charge is 0.481 e. The number of hydrogen-bond donors (Lipinski definition) is 1. The van der Waals surface area contributed by atoms with Gasteiger partial charge in [-0.05, 0) is 64.2 Å². The van der Waals surface area contributed by atoms with Gasteiger partial charge in [-0.1, -0.05) is 186 Å². The van der Waals surface area contributed by atoms with Gasteiger partial charge in [-0.2, -0.15) is 0 Å². The van der Waals surface area contributed by atoms with E-state index in [9.17, 15) is 9.59 Å². The Morgan fingerprint density at radius 2 is 0.854 bits per heavy atom. The summed E-state index contributed by atoms with van der Waals surface area (Å²) in [6, 6.07) is 0. The molecule has 0 rings (SSSR count).